The summed E-state index contributed by atoms with van der Waals surface area (Å²) in [7, 11) is 0. The molecule has 0 aliphatic carbocycles. The van der Waals surface area contributed by atoms with Gasteiger partial charge in [-0.3, -0.25) is 4.79 Å². The van der Waals surface area contributed by atoms with Crippen molar-refractivity contribution in [3.8, 4) is 5.75 Å². The SMILES string of the molecule is CCC(=O)Oc1cc(F)cc(C(=O)O)c1CCO[N+](=O)[O-]. The molecule has 0 aliphatic rings. The van der Waals surface area contributed by atoms with Crippen LogP contribution in [0.15, 0.2) is 12.1 Å². The third-order valence-corrected chi connectivity index (χ3v) is 2.47. The van der Waals surface area contributed by atoms with Crippen molar-refractivity contribution >= 4 is 11.9 Å². The number of nitrogens with zero attached hydrogens (tertiary/aromatic N) is 1. The molecule has 8 nitrogen and oxygen atoms in total. The van der Waals surface area contributed by atoms with Gasteiger partial charge < -0.3 is 14.7 Å². The molecule has 0 fully saturated rings. The molecule has 1 N–H and O–H groups in total. The summed E-state index contributed by atoms with van der Waals surface area (Å²) in [6, 6.07) is 1.59. The van der Waals surface area contributed by atoms with E-state index >= 15 is 0 Å². The molecular weight excluding hydrogens is 289 g/mol. The molecule has 0 unspecified atom stereocenters. The molecule has 1 aromatic rings. The summed E-state index contributed by atoms with van der Waals surface area (Å²) < 4.78 is 18.2. The predicted molar refractivity (Wildman–Crippen MR) is 65.9 cm³/mol. The molecule has 0 heterocycles. The van der Waals surface area contributed by atoms with Crippen LogP contribution in [0.2, 0.25) is 0 Å². The molecule has 21 heavy (non-hydrogen) atoms. The van der Waals surface area contributed by atoms with E-state index in [0.717, 1.165) is 12.1 Å². The zero-order valence-corrected chi connectivity index (χ0v) is 11.0. The van der Waals surface area contributed by atoms with Crippen molar-refractivity contribution < 1.29 is 33.7 Å². The van der Waals surface area contributed by atoms with Gasteiger partial charge in [-0.05, 0) is 6.07 Å². The Morgan fingerprint density at radius 3 is 2.62 bits per heavy atom. The van der Waals surface area contributed by atoms with Gasteiger partial charge in [-0.25, -0.2) is 9.18 Å². The molecule has 0 saturated heterocycles. The third-order valence-electron chi connectivity index (χ3n) is 2.47. The Labute approximate surface area is 118 Å². The molecule has 0 aliphatic heterocycles. The normalized spacial score (nSPS) is 10.0. The van der Waals surface area contributed by atoms with Gasteiger partial charge in [-0.1, -0.05) is 6.92 Å². The Morgan fingerprint density at radius 2 is 2.10 bits per heavy atom. The summed E-state index contributed by atoms with van der Waals surface area (Å²) in [6.45, 7) is 1.06. The van der Waals surface area contributed by atoms with Crippen LogP contribution in [-0.4, -0.2) is 28.7 Å². The van der Waals surface area contributed by atoms with E-state index in [0.29, 0.717) is 0 Å². The van der Waals surface area contributed by atoms with Gasteiger partial charge in [-0.2, -0.15) is 0 Å². The Hall–Kier alpha value is -2.71. The van der Waals surface area contributed by atoms with Crippen LogP contribution in [0.3, 0.4) is 0 Å². The van der Waals surface area contributed by atoms with Crippen molar-refractivity contribution in [1.29, 1.82) is 0 Å². The summed E-state index contributed by atoms with van der Waals surface area (Å²) in [5.41, 5.74) is -0.492. The maximum atomic E-state index is 13.4. The van der Waals surface area contributed by atoms with Gasteiger partial charge >= 0.3 is 11.9 Å². The second kappa shape index (κ2) is 7.17. The first-order chi connectivity index (χ1) is 9.85. The smallest absolute Gasteiger partial charge is 0.336 e. The van der Waals surface area contributed by atoms with Crippen LogP contribution in [0.25, 0.3) is 0 Å². The van der Waals surface area contributed by atoms with E-state index in [2.05, 4.69) is 4.84 Å². The Balaban J connectivity index is 3.15. The second-order valence-corrected chi connectivity index (χ2v) is 3.87. The number of halogens is 1. The number of carboxylic acid groups (broad SMARTS) is 1. The average Bonchev–Trinajstić information content (AvgIpc) is 2.39. The molecule has 0 bridgehead atoms. The molecule has 1 rings (SSSR count). The first kappa shape index (κ1) is 16.3. The highest BCUT2D eigenvalue weighted by Gasteiger charge is 2.19. The van der Waals surface area contributed by atoms with Crippen LogP contribution in [-0.2, 0) is 16.1 Å². The molecule has 9 heteroatoms. The van der Waals surface area contributed by atoms with E-state index in [1.165, 1.54) is 6.92 Å². The molecule has 1 aromatic carbocycles. The van der Waals surface area contributed by atoms with Crippen molar-refractivity contribution in [3.05, 3.63) is 39.2 Å². The lowest BCUT2D eigenvalue weighted by atomic mass is 10.0. The van der Waals surface area contributed by atoms with Gasteiger partial charge in [-0.15, -0.1) is 10.1 Å². The quantitative estimate of drug-likeness (QED) is 0.352. The fraction of sp³-hybridized carbons (Fsp3) is 0.333. The number of benzene rings is 1. The van der Waals surface area contributed by atoms with Crippen LogP contribution in [0.4, 0.5) is 4.39 Å². The summed E-state index contributed by atoms with van der Waals surface area (Å²) in [4.78, 5) is 36.6. The first-order valence-electron chi connectivity index (χ1n) is 5.88. The van der Waals surface area contributed by atoms with Gasteiger partial charge in [0.2, 0.25) is 0 Å². The van der Waals surface area contributed by atoms with Crippen molar-refractivity contribution in [2.24, 2.45) is 0 Å². The highest BCUT2D eigenvalue weighted by atomic mass is 19.1. The van der Waals surface area contributed by atoms with Crippen molar-refractivity contribution in [1.82, 2.24) is 0 Å². The summed E-state index contributed by atoms with van der Waals surface area (Å²) >= 11 is 0. The van der Waals surface area contributed by atoms with E-state index in [4.69, 9.17) is 9.84 Å². The highest BCUT2D eigenvalue weighted by molar-refractivity contribution is 5.90. The topological polar surface area (TPSA) is 116 Å². The van der Waals surface area contributed by atoms with E-state index in [9.17, 15) is 24.1 Å². The summed E-state index contributed by atoms with van der Waals surface area (Å²) in [5.74, 6) is -3.32. The average molecular weight is 301 g/mol. The van der Waals surface area contributed by atoms with E-state index in [1.54, 1.807) is 0 Å². The van der Waals surface area contributed by atoms with Gasteiger partial charge in [0.1, 0.15) is 18.2 Å². The van der Waals surface area contributed by atoms with Crippen molar-refractivity contribution in [2.75, 3.05) is 6.61 Å². The largest absolute Gasteiger partial charge is 0.478 e. The lowest BCUT2D eigenvalue weighted by molar-refractivity contribution is -0.757. The van der Waals surface area contributed by atoms with Gasteiger partial charge in [0.15, 0.2) is 0 Å². The van der Waals surface area contributed by atoms with Gasteiger partial charge in [0, 0.05) is 24.5 Å². The molecule has 0 atom stereocenters. The fourth-order valence-electron chi connectivity index (χ4n) is 1.57. The minimum atomic E-state index is -1.44. The number of ether oxygens (including phenoxy) is 1. The first-order valence-corrected chi connectivity index (χ1v) is 5.88. The number of carbonyl (C=O) groups excluding carboxylic acids is 1. The third kappa shape index (κ3) is 4.71. The fourth-order valence-corrected chi connectivity index (χ4v) is 1.57. The van der Waals surface area contributed by atoms with Gasteiger partial charge in [0.25, 0.3) is 5.09 Å². The molecule has 0 aromatic heterocycles. The monoisotopic (exact) mass is 301 g/mol. The maximum absolute atomic E-state index is 13.4. The van der Waals surface area contributed by atoms with Crippen LogP contribution in [0, 0.1) is 15.9 Å². The zero-order chi connectivity index (χ0) is 16.0. The minimum Gasteiger partial charge on any atom is -0.478 e. The summed E-state index contributed by atoms with van der Waals surface area (Å²) in [5, 5.41) is 18.1. The molecule has 114 valence electrons. The number of hydrogen-bond donors (Lipinski definition) is 1. The molecule has 0 amide bonds. The number of hydrogen-bond acceptors (Lipinski definition) is 6. The van der Waals surface area contributed by atoms with Crippen LogP contribution in [0.1, 0.15) is 29.3 Å². The zero-order valence-electron chi connectivity index (χ0n) is 11.0. The molecule has 0 spiro atoms. The number of carbonyl (C=O) groups is 2. The van der Waals surface area contributed by atoms with Crippen molar-refractivity contribution in [2.45, 2.75) is 19.8 Å². The predicted octanol–water partition coefficient (Wildman–Crippen LogP) is 1.59. The van der Waals surface area contributed by atoms with Crippen molar-refractivity contribution in [3.63, 3.8) is 0 Å². The standard InChI is InChI=1S/C12H12FNO7/c1-2-11(15)21-10-6-7(13)5-9(12(16)17)8(10)3-4-20-14(18)19/h5-6H,2-4H2,1H3,(H,16,17). The van der Waals surface area contributed by atoms with E-state index in [1.807, 2.05) is 0 Å². The lowest BCUT2D eigenvalue weighted by Gasteiger charge is -2.12. The summed E-state index contributed by atoms with van der Waals surface area (Å²) in [6.07, 6.45) is -0.223. The number of esters is 1. The molecule has 0 radical (unpaired) electrons. The van der Waals surface area contributed by atoms with Crippen LogP contribution >= 0.6 is 0 Å². The minimum absolute atomic E-state index is 0.00373. The highest BCUT2D eigenvalue weighted by Crippen LogP contribution is 2.26. The number of rotatable bonds is 7. The van der Waals surface area contributed by atoms with Crippen LogP contribution in [0.5, 0.6) is 5.75 Å². The van der Waals surface area contributed by atoms with Crippen LogP contribution < -0.4 is 4.74 Å². The Kier molecular flexibility index (Phi) is 5.58. The molecule has 0 saturated carbocycles. The Morgan fingerprint density at radius 1 is 1.43 bits per heavy atom. The van der Waals surface area contributed by atoms with E-state index < -0.39 is 35.0 Å². The maximum Gasteiger partial charge on any atom is 0.336 e. The van der Waals surface area contributed by atoms with E-state index in [-0.39, 0.29) is 24.2 Å². The Bertz CT molecular complexity index is 573. The number of carboxylic acids is 1. The molecular formula is C12H12FNO7. The van der Waals surface area contributed by atoms with Gasteiger partial charge in [0.05, 0.1) is 5.56 Å². The second-order valence-electron chi connectivity index (χ2n) is 3.87. The number of aromatic carboxylic acids is 1. The lowest BCUT2D eigenvalue weighted by Crippen LogP contribution is -2.14.